The summed E-state index contributed by atoms with van der Waals surface area (Å²) in [5, 5.41) is 8.39. The van der Waals surface area contributed by atoms with Crippen LogP contribution in [0.25, 0.3) is 0 Å². The van der Waals surface area contributed by atoms with Crippen molar-refractivity contribution in [1.82, 2.24) is 0 Å². The van der Waals surface area contributed by atoms with Crippen molar-refractivity contribution in [2.75, 3.05) is 12.9 Å². The average Bonchev–Trinajstić information content (AvgIpc) is 3.10. The fraction of sp³-hybridized carbons (Fsp3) is 0.429. The lowest BCUT2D eigenvalue weighted by atomic mass is 10.0. The van der Waals surface area contributed by atoms with Gasteiger partial charge >= 0.3 is 5.97 Å². The second kappa shape index (κ2) is 5.43. The highest BCUT2D eigenvalue weighted by Gasteiger charge is 2.76. The molecule has 0 heterocycles. The van der Waals surface area contributed by atoms with Gasteiger partial charge in [-0.1, -0.05) is 28.1 Å². The Kier molecular flexibility index (Phi) is 4.13. The number of rotatable bonds is 4. The van der Waals surface area contributed by atoms with Crippen LogP contribution in [0.2, 0.25) is 0 Å². The molecule has 3 atom stereocenters. The average molecular weight is 372 g/mol. The minimum absolute atomic E-state index is 0.103. The molecule has 1 fully saturated rings. The molecule has 0 radical (unpaired) electrons. The van der Waals surface area contributed by atoms with E-state index in [0.717, 1.165) is 10.7 Å². The van der Waals surface area contributed by atoms with Gasteiger partial charge < -0.3 is 4.74 Å². The van der Waals surface area contributed by atoms with E-state index in [2.05, 4.69) is 15.9 Å². The normalized spacial score (nSPS) is 27.7. The van der Waals surface area contributed by atoms with Gasteiger partial charge in [-0.15, -0.1) is 0 Å². The van der Waals surface area contributed by atoms with E-state index >= 15 is 0 Å². The van der Waals surface area contributed by atoms with Crippen molar-refractivity contribution < 1.29 is 17.9 Å². The number of hydrogen-bond donors (Lipinski definition) is 0. The first-order valence-corrected chi connectivity index (χ1v) is 9.06. The highest BCUT2D eigenvalue weighted by Crippen LogP contribution is 2.63. The minimum Gasteiger partial charge on any atom is -0.465 e. The summed E-state index contributed by atoms with van der Waals surface area (Å²) in [7, 11) is -3.56. The van der Waals surface area contributed by atoms with E-state index in [1.54, 1.807) is 31.2 Å². The number of esters is 1. The van der Waals surface area contributed by atoms with Crippen LogP contribution >= 0.6 is 15.9 Å². The van der Waals surface area contributed by atoms with Gasteiger partial charge in [-0.2, -0.15) is 5.26 Å². The van der Waals surface area contributed by atoms with Crippen molar-refractivity contribution in [3.63, 3.8) is 0 Å². The monoisotopic (exact) mass is 371 g/mol. The SMILES string of the molecule is CCOC(=O)[C@]1(C#N)[C@H](c2ccc(Br)cc2)[C@@H]1S(C)(=O)=O. The molecule has 1 aliphatic carbocycles. The molecule has 1 aromatic carbocycles. The largest absolute Gasteiger partial charge is 0.465 e. The molecule has 1 aliphatic rings. The van der Waals surface area contributed by atoms with E-state index in [4.69, 9.17) is 4.74 Å². The first-order chi connectivity index (χ1) is 9.79. The van der Waals surface area contributed by atoms with Crippen LogP contribution in [0, 0.1) is 16.7 Å². The molecule has 0 bridgehead atoms. The highest BCUT2D eigenvalue weighted by atomic mass is 79.9. The van der Waals surface area contributed by atoms with Gasteiger partial charge in [0.1, 0.15) is 5.25 Å². The fourth-order valence-electron chi connectivity index (χ4n) is 2.72. The maximum atomic E-state index is 12.1. The summed E-state index contributed by atoms with van der Waals surface area (Å²) in [6, 6.07) is 8.82. The second-order valence-electron chi connectivity index (χ2n) is 4.98. The van der Waals surface area contributed by atoms with Gasteiger partial charge in [-0.25, -0.2) is 8.42 Å². The van der Waals surface area contributed by atoms with Crippen molar-refractivity contribution in [1.29, 1.82) is 5.26 Å². The minimum atomic E-state index is -3.56. The van der Waals surface area contributed by atoms with Gasteiger partial charge in [0.05, 0.1) is 12.7 Å². The van der Waals surface area contributed by atoms with Gasteiger partial charge in [-0.3, -0.25) is 4.79 Å². The number of hydrogen-bond acceptors (Lipinski definition) is 5. The Hall–Kier alpha value is -1.39. The van der Waals surface area contributed by atoms with Gasteiger partial charge in [0.25, 0.3) is 0 Å². The molecule has 0 aromatic heterocycles. The van der Waals surface area contributed by atoms with Gasteiger partial charge in [0.2, 0.25) is 0 Å². The molecular weight excluding hydrogens is 358 g/mol. The highest BCUT2D eigenvalue weighted by molar-refractivity contribution is 9.10. The van der Waals surface area contributed by atoms with Crippen molar-refractivity contribution in [2.45, 2.75) is 18.1 Å². The maximum absolute atomic E-state index is 12.1. The number of nitriles is 1. The standard InChI is InChI=1S/C14H14BrNO4S/c1-3-20-13(17)14(8-16)11(12(14)21(2,18)19)9-4-6-10(15)7-5-9/h4-7,11-12H,3H2,1-2H3/t11-,12+,14-/m1/s1. The van der Waals surface area contributed by atoms with Gasteiger partial charge in [0.15, 0.2) is 15.3 Å². The zero-order chi connectivity index (χ0) is 15.8. The van der Waals surface area contributed by atoms with Crippen LogP contribution in [-0.2, 0) is 19.4 Å². The van der Waals surface area contributed by atoms with Crippen molar-refractivity contribution in [3.8, 4) is 6.07 Å². The Morgan fingerprint density at radius 3 is 2.43 bits per heavy atom. The molecule has 7 heteroatoms. The van der Waals surface area contributed by atoms with Crippen molar-refractivity contribution >= 4 is 31.7 Å². The molecule has 21 heavy (non-hydrogen) atoms. The first kappa shape index (κ1) is 16.0. The van der Waals surface area contributed by atoms with Gasteiger partial charge in [0, 0.05) is 16.6 Å². The molecule has 0 saturated heterocycles. The molecule has 1 saturated carbocycles. The van der Waals surface area contributed by atoms with Crippen LogP contribution in [-0.4, -0.2) is 32.5 Å². The van der Waals surface area contributed by atoms with Crippen LogP contribution < -0.4 is 0 Å². The molecule has 112 valence electrons. The van der Waals surface area contributed by atoms with E-state index in [1.807, 2.05) is 6.07 Å². The molecular formula is C14H14BrNO4S. The van der Waals surface area contributed by atoms with E-state index < -0.39 is 32.4 Å². The lowest BCUT2D eigenvalue weighted by molar-refractivity contribution is -0.147. The predicted octanol–water partition coefficient (Wildman–Crippen LogP) is 2.03. The molecule has 5 nitrogen and oxygen atoms in total. The molecule has 0 N–H and O–H groups in total. The lowest BCUT2D eigenvalue weighted by Gasteiger charge is -2.08. The number of nitrogens with zero attached hydrogens (tertiary/aromatic N) is 1. The summed E-state index contributed by atoms with van der Waals surface area (Å²) in [5.74, 6) is -1.46. The third-order valence-corrected chi connectivity index (χ3v) is 5.72. The van der Waals surface area contributed by atoms with Crippen molar-refractivity contribution in [3.05, 3.63) is 34.3 Å². The number of carbonyl (C=O) groups is 1. The Morgan fingerprint density at radius 1 is 1.43 bits per heavy atom. The smallest absolute Gasteiger partial charge is 0.328 e. The number of ether oxygens (including phenoxy) is 1. The van der Waals surface area contributed by atoms with Crippen LogP contribution in [0.4, 0.5) is 0 Å². The quantitative estimate of drug-likeness (QED) is 0.756. The van der Waals surface area contributed by atoms with E-state index in [1.165, 1.54) is 0 Å². The summed E-state index contributed by atoms with van der Waals surface area (Å²) < 4.78 is 29.7. The third kappa shape index (κ3) is 2.58. The number of carbonyl (C=O) groups excluding carboxylic acids is 1. The third-order valence-electron chi connectivity index (χ3n) is 3.62. The second-order valence-corrected chi connectivity index (χ2v) is 8.06. The molecule has 0 unspecified atom stereocenters. The van der Waals surface area contributed by atoms with Gasteiger partial charge in [-0.05, 0) is 24.6 Å². The summed E-state index contributed by atoms with van der Waals surface area (Å²) >= 11 is 3.29. The van der Waals surface area contributed by atoms with Crippen LogP contribution in [0.5, 0.6) is 0 Å². The topological polar surface area (TPSA) is 84.2 Å². The Labute approximate surface area is 132 Å². The zero-order valence-electron chi connectivity index (χ0n) is 11.5. The summed E-state index contributed by atoms with van der Waals surface area (Å²) in [5.41, 5.74) is -1.000. The maximum Gasteiger partial charge on any atom is 0.328 e. The predicted molar refractivity (Wildman–Crippen MR) is 80.2 cm³/mol. The summed E-state index contributed by atoms with van der Waals surface area (Å²) in [6.45, 7) is 1.72. The molecule has 1 aromatic rings. The number of benzene rings is 1. The number of halogens is 1. The molecule has 2 rings (SSSR count). The van der Waals surface area contributed by atoms with Crippen LogP contribution in [0.15, 0.2) is 28.7 Å². The molecule has 0 aliphatic heterocycles. The number of sulfone groups is 1. The Balaban J connectivity index is 2.50. The summed E-state index contributed by atoms with van der Waals surface area (Å²) in [4.78, 5) is 12.1. The fourth-order valence-corrected chi connectivity index (χ4v) is 4.74. The Morgan fingerprint density at radius 2 is 2.00 bits per heavy atom. The first-order valence-electron chi connectivity index (χ1n) is 6.31. The van der Waals surface area contributed by atoms with Crippen LogP contribution in [0.3, 0.4) is 0 Å². The zero-order valence-corrected chi connectivity index (χ0v) is 13.9. The van der Waals surface area contributed by atoms with E-state index in [0.29, 0.717) is 5.56 Å². The van der Waals surface area contributed by atoms with E-state index in [-0.39, 0.29) is 6.61 Å². The van der Waals surface area contributed by atoms with Crippen molar-refractivity contribution in [2.24, 2.45) is 5.41 Å². The molecule has 0 spiro atoms. The van der Waals surface area contributed by atoms with E-state index in [9.17, 15) is 18.5 Å². The summed E-state index contributed by atoms with van der Waals surface area (Å²) in [6.07, 6.45) is 1.04. The lowest BCUT2D eigenvalue weighted by Crippen LogP contribution is -2.24. The molecule has 0 amide bonds. The van der Waals surface area contributed by atoms with Crippen LogP contribution in [0.1, 0.15) is 18.4 Å². The Bertz CT molecular complexity index is 707.